The van der Waals surface area contributed by atoms with Gasteiger partial charge in [0.05, 0.1) is 16.9 Å². The molecule has 0 spiro atoms. The molecule has 0 saturated heterocycles. The zero-order valence-electron chi connectivity index (χ0n) is 10.9. The Labute approximate surface area is 118 Å². The van der Waals surface area contributed by atoms with E-state index in [-0.39, 0.29) is 0 Å². The summed E-state index contributed by atoms with van der Waals surface area (Å²) in [4.78, 5) is 19.6. The number of carboxylic acids is 1. The van der Waals surface area contributed by atoms with Crippen LogP contribution in [0.3, 0.4) is 0 Å². The van der Waals surface area contributed by atoms with Gasteiger partial charge in [0.2, 0.25) is 15.8 Å². The zero-order chi connectivity index (χ0) is 16.4. The van der Waals surface area contributed by atoms with Crippen LogP contribution >= 0.6 is 0 Å². The maximum absolute atomic E-state index is 13.7. The summed E-state index contributed by atoms with van der Waals surface area (Å²) < 4.78 is 43.6. The first kappa shape index (κ1) is 16.8. The highest BCUT2D eigenvalue weighted by molar-refractivity contribution is 7.89. The van der Waals surface area contributed by atoms with Crippen molar-refractivity contribution < 1.29 is 32.4 Å². The number of nitrogens with one attached hydrogen (secondary N) is 1. The molecule has 2 N–H and O–H groups in total. The second-order valence-electron chi connectivity index (χ2n) is 3.90. The highest BCUT2D eigenvalue weighted by Crippen LogP contribution is 2.32. The van der Waals surface area contributed by atoms with E-state index >= 15 is 0 Å². The minimum atomic E-state index is -4.44. The lowest BCUT2D eigenvalue weighted by Crippen LogP contribution is -2.38. The molecule has 0 amide bonds. The van der Waals surface area contributed by atoms with E-state index in [1.165, 1.54) is 0 Å². The van der Waals surface area contributed by atoms with Gasteiger partial charge in [-0.15, -0.1) is 0 Å². The van der Waals surface area contributed by atoms with Crippen LogP contribution in [0.2, 0.25) is 0 Å². The Balaban J connectivity index is 3.38. The smallest absolute Gasteiger partial charge is 0.321 e. The monoisotopic (exact) mass is 322 g/mol. The van der Waals surface area contributed by atoms with Crippen molar-refractivity contribution in [2.45, 2.75) is 17.9 Å². The molecule has 0 bridgehead atoms. The first-order chi connectivity index (χ1) is 9.60. The molecule has 0 radical (unpaired) electrons. The summed E-state index contributed by atoms with van der Waals surface area (Å²) in [6.45, 7) is 1.05. The highest BCUT2D eigenvalue weighted by Gasteiger charge is 2.28. The molecule has 0 heterocycles. The Hall–Kier alpha value is -2.27. The number of methoxy groups -OCH3 is 1. The minimum absolute atomic E-state index is 0.503. The molecule has 0 saturated carbocycles. The van der Waals surface area contributed by atoms with Crippen LogP contribution in [-0.2, 0) is 14.8 Å². The molecule has 0 fully saturated rings. The quantitative estimate of drug-likeness (QED) is 0.574. The topological polar surface area (TPSA) is 136 Å². The average Bonchev–Trinajstić information content (AvgIpc) is 2.36. The van der Waals surface area contributed by atoms with Gasteiger partial charge in [0, 0.05) is 6.07 Å². The van der Waals surface area contributed by atoms with Crippen molar-refractivity contribution in [1.29, 1.82) is 0 Å². The van der Waals surface area contributed by atoms with Gasteiger partial charge in [0.1, 0.15) is 6.04 Å². The third kappa shape index (κ3) is 3.64. The summed E-state index contributed by atoms with van der Waals surface area (Å²) >= 11 is 0. The van der Waals surface area contributed by atoms with Crippen LogP contribution in [0.1, 0.15) is 6.92 Å². The van der Waals surface area contributed by atoms with Crippen LogP contribution in [0, 0.1) is 15.9 Å². The fourth-order valence-electron chi connectivity index (χ4n) is 1.40. The van der Waals surface area contributed by atoms with Gasteiger partial charge in [-0.3, -0.25) is 14.9 Å². The van der Waals surface area contributed by atoms with Crippen molar-refractivity contribution >= 4 is 21.7 Å². The fraction of sp³-hybridized carbons (Fsp3) is 0.300. The molecule has 1 aromatic carbocycles. The van der Waals surface area contributed by atoms with Gasteiger partial charge in [0.25, 0.3) is 0 Å². The van der Waals surface area contributed by atoms with E-state index in [1.807, 2.05) is 0 Å². The predicted octanol–water partition coefficient (Wildman–Crippen LogP) is 0.494. The number of hydrogen-bond acceptors (Lipinski definition) is 6. The van der Waals surface area contributed by atoms with Crippen molar-refractivity contribution in [3.05, 3.63) is 28.1 Å². The van der Waals surface area contributed by atoms with Gasteiger partial charge >= 0.3 is 11.7 Å². The number of nitro groups is 1. The number of rotatable bonds is 6. The van der Waals surface area contributed by atoms with E-state index in [2.05, 4.69) is 4.74 Å². The van der Waals surface area contributed by atoms with E-state index in [0.717, 1.165) is 14.0 Å². The molecule has 1 aromatic rings. The zero-order valence-corrected chi connectivity index (χ0v) is 11.7. The van der Waals surface area contributed by atoms with Gasteiger partial charge < -0.3 is 9.84 Å². The molecule has 1 atom stereocenters. The number of halogens is 1. The molecule has 0 aromatic heterocycles. The first-order valence-electron chi connectivity index (χ1n) is 5.37. The summed E-state index contributed by atoms with van der Waals surface area (Å²) in [6.07, 6.45) is 0. The number of sulfonamides is 1. The lowest BCUT2D eigenvalue weighted by molar-refractivity contribution is -0.386. The Bertz CT molecular complexity index is 689. The second kappa shape index (κ2) is 6.01. The Kier molecular flexibility index (Phi) is 4.80. The predicted molar refractivity (Wildman–Crippen MR) is 67.0 cm³/mol. The molecule has 11 heteroatoms. The van der Waals surface area contributed by atoms with E-state index in [0.29, 0.717) is 12.1 Å². The molecule has 0 aliphatic heterocycles. The van der Waals surface area contributed by atoms with Gasteiger partial charge in [-0.1, -0.05) is 0 Å². The Morgan fingerprint density at radius 3 is 2.52 bits per heavy atom. The van der Waals surface area contributed by atoms with Crippen LogP contribution in [-0.4, -0.2) is 37.6 Å². The van der Waals surface area contributed by atoms with Crippen molar-refractivity contribution in [3.63, 3.8) is 0 Å². The molecule has 0 aliphatic rings. The lowest BCUT2D eigenvalue weighted by atomic mass is 10.3. The van der Waals surface area contributed by atoms with E-state index in [9.17, 15) is 27.7 Å². The number of aliphatic carboxylic acids is 1. The molecule has 1 rings (SSSR count). The summed E-state index contributed by atoms with van der Waals surface area (Å²) in [5, 5.41) is 19.4. The number of hydrogen-bond donors (Lipinski definition) is 2. The molecule has 116 valence electrons. The lowest BCUT2D eigenvalue weighted by Gasteiger charge is -2.11. The second-order valence-corrected chi connectivity index (χ2v) is 5.61. The van der Waals surface area contributed by atoms with Gasteiger partial charge in [-0.2, -0.15) is 4.72 Å². The molecule has 0 aliphatic carbocycles. The number of carbonyl (C=O) groups is 1. The van der Waals surface area contributed by atoms with E-state index in [1.54, 1.807) is 4.72 Å². The largest absolute Gasteiger partial charge is 0.488 e. The van der Waals surface area contributed by atoms with Crippen LogP contribution < -0.4 is 9.46 Å². The van der Waals surface area contributed by atoms with Crippen LogP contribution in [0.5, 0.6) is 5.75 Å². The van der Waals surface area contributed by atoms with Gasteiger partial charge in [0.15, 0.2) is 5.82 Å². The molecule has 9 nitrogen and oxygen atoms in total. The third-order valence-corrected chi connectivity index (χ3v) is 3.93. The normalized spacial score (nSPS) is 12.7. The van der Waals surface area contributed by atoms with E-state index in [4.69, 9.17) is 5.11 Å². The van der Waals surface area contributed by atoms with Crippen LogP contribution in [0.4, 0.5) is 10.1 Å². The third-order valence-electron chi connectivity index (χ3n) is 2.41. The average molecular weight is 322 g/mol. The van der Waals surface area contributed by atoms with Crippen molar-refractivity contribution in [3.8, 4) is 5.75 Å². The molecular formula is C10H11FN2O7S. The Morgan fingerprint density at radius 1 is 1.52 bits per heavy atom. The first-order valence-corrected chi connectivity index (χ1v) is 6.85. The Morgan fingerprint density at radius 2 is 2.10 bits per heavy atom. The van der Waals surface area contributed by atoms with E-state index < -0.39 is 49.1 Å². The van der Waals surface area contributed by atoms with Crippen LogP contribution in [0.15, 0.2) is 17.0 Å². The molecular weight excluding hydrogens is 311 g/mol. The number of nitro benzene ring substituents is 1. The molecule has 0 unspecified atom stereocenters. The minimum Gasteiger partial charge on any atom is -0.488 e. The summed E-state index contributed by atoms with van der Waals surface area (Å²) in [5.74, 6) is -3.43. The van der Waals surface area contributed by atoms with Crippen molar-refractivity contribution in [2.24, 2.45) is 0 Å². The van der Waals surface area contributed by atoms with Crippen LogP contribution in [0.25, 0.3) is 0 Å². The standard InChI is InChI=1S/C10H11FN2O7S/c1-5(10(14)15)12-21(18,19)6-3-7(11)9(20-2)8(4-6)13(16)17/h3-5,12H,1-2H3,(H,14,15)/t5-/m0/s1. The summed E-state index contributed by atoms with van der Waals surface area (Å²) in [6, 6.07) is -0.402. The molecule has 21 heavy (non-hydrogen) atoms. The maximum atomic E-state index is 13.7. The number of nitrogens with zero attached hydrogens (tertiary/aromatic N) is 1. The summed E-state index contributed by atoms with van der Waals surface area (Å²) in [7, 11) is -3.45. The summed E-state index contributed by atoms with van der Waals surface area (Å²) in [5.41, 5.74) is -0.888. The maximum Gasteiger partial charge on any atom is 0.321 e. The van der Waals surface area contributed by atoms with Gasteiger partial charge in [-0.05, 0) is 13.0 Å². The number of ether oxygens (including phenoxy) is 1. The van der Waals surface area contributed by atoms with Crippen molar-refractivity contribution in [2.75, 3.05) is 7.11 Å². The SMILES string of the molecule is COc1c(F)cc(S(=O)(=O)N[C@@H](C)C(=O)O)cc1[N+](=O)[O-]. The number of benzene rings is 1. The van der Waals surface area contributed by atoms with Gasteiger partial charge in [-0.25, -0.2) is 12.8 Å². The fourth-order valence-corrected chi connectivity index (χ4v) is 2.63. The highest BCUT2D eigenvalue weighted by atomic mass is 32.2. The number of carboxylic acid groups (broad SMARTS) is 1. The van der Waals surface area contributed by atoms with Crippen molar-refractivity contribution in [1.82, 2.24) is 4.72 Å².